The van der Waals surface area contributed by atoms with Gasteiger partial charge in [-0.25, -0.2) is 4.98 Å². The second kappa shape index (κ2) is 7.77. The average molecular weight is 391 g/mol. The van der Waals surface area contributed by atoms with Crippen LogP contribution in [0.25, 0.3) is 6.08 Å². The summed E-state index contributed by atoms with van der Waals surface area (Å²) in [7, 11) is 0. The van der Waals surface area contributed by atoms with Crippen LogP contribution < -0.4 is 5.32 Å². The topological polar surface area (TPSA) is 82.5 Å². The minimum Gasteiger partial charge on any atom is -0.507 e. The molecule has 0 unspecified atom stereocenters. The maximum absolute atomic E-state index is 12.5. The minimum atomic E-state index is -0.264. The zero-order valence-electron chi connectivity index (χ0n) is 12.8. The lowest BCUT2D eigenvalue weighted by atomic mass is 10.2. The Morgan fingerprint density at radius 1 is 1.40 bits per heavy atom. The van der Waals surface area contributed by atoms with Crippen LogP contribution in [0, 0.1) is 0 Å². The van der Waals surface area contributed by atoms with Gasteiger partial charge in [-0.1, -0.05) is 42.2 Å². The number of aromatic hydroxyl groups is 1. The van der Waals surface area contributed by atoms with E-state index in [1.807, 2.05) is 0 Å². The number of anilines is 1. The molecule has 0 spiro atoms. The summed E-state index contributed by atoms with van der Waals surface area (Å²) in [6, 6.07) is 6.74. The van der Waals surface area contributed by atoms with Gasteiger partial charge in [-0.05, 0) is 12.1 Å². The van der Waals surface area contributed by atoms with Gasteiger partial charge in [0.2, 0.25) is 5.91 Å². The first kappa shape index (κ1) is 17.6. The molecule has 0 radical (unpaired) electrons. The first-order valence-corrected chi connectivity index (χ1v) is 9.38. The first-order chi connectivity index (χ1) is 12.0. The average Bonchev–Trinajstić information content (AvgIpc) is 3.17. The number of thioether (sulfide) groups is 1. The van der Waals surface area contributed by atoms with Crippen molar-refractivity contribution in [2.45, 2.75) is 6.42 Å². The molecular weight excluding hydrogens is 378 g/mol. The smallest absolute Gasteiger partial charge is 0.266 e. The molecule has 1 saturated heterocycles. The van der Waals surface area contributed by atoms with Gasteiger partial charge in [0.15, 0.2) is 5.13 Å². The van der Waals surface area contributed by atoms with Gasteiger partial charge in [0.1, 0.15) is 10.1 Å². The fourth-order valence-corrected chi connectivity index (χ4v) is 3.97. The number of hydrogen-bond donors (Lipinski definition) is 2. The molecule has 128 valence electrons. The summed E-state index contributed by atoms with van der Waals surface area (Å²) in [6.45, 7) is 0.194. The van der Waals surface area contributed by atoms with E-state index in [0.29, 0.717) is 19.9 Å². The number of thiazole rings is 1. The van der Waals surface area contributed by atoms with Crippen LogP contribution in [-0.4, -0.2) is 37.7 Å². The SMILES string of the molecule is O=C(CCN1C(=O)/C(=C/c2ccccc2O)SC1=S)Nc1nccs1. The standard InChI is InChI=1S/C16H13N3O3S3/c20-11-4-2-1-3-10(11)9-12-14(22)19(16(23)25-12)7-5-13(21)18-15-17-6-8-24-15/h1-4,6,8-9,20H,5,7H2,(H,17,18,21)/b12-9-. The monoisotopic (exact) mass is 391 g/mol. The number of thiocarbonyl (C=S) groups is 1. The molecule has 0 bridgehead atoms. The molecule has 1 fully saturated rings. The molecule has 2 aromatic rings. The van der Waals surface area contributed by atoms with Crippen LogP contribution in [-0.2, 0) is 9.59 Å². The van der Waals surface area contributed by atoms with Crippen LogP contribution in [0.15, 0.2) is 40.7 Å². The molecule has 2 N–H and O–H groups in total. The number of carbonyl (C=O) groups is 2. The molecule has 2 amide bonds. The van der Waals surface area contributed by atoms with Crippen LogP contribution in [0.5, 0.6) is 5.75 Å². The highest BCUT2D eigenvalue weighted by Crippen LogP contribution is 2.34. The predicted molar refractivity (Wildman–Crippen MR) is 103 cm³/mol. The Labute approximate surface area is 157 Å². The van der Waals surface area contributed by atoms with Crippen molar-refractivity contribution in [2.24, 2.45) is 0 Å². The second-order valence-corrected chi connectivity index (χ2v) is 7.60. The van der Waals surface area contributed by atoms with Gasteiger partial charge in [-0.2, -0.15) is 0 Å². The van der Waals surface area contributed by atoms with Gasteiger partial charge in [0.05, 0.1) is 4.91 Å². The number of phenolic OH excluding ortho intramolecular Hbond substituents is 1. The van der Waals surface area contributed by atoms with Gasteiger partial charge in [0.25, 0.3) is 5.91 Å². The van der Waals surface area contributed by atoms with E-state index in [4.69, 9.17) is 12.2 Å². The molecule has 1 aromatic heterocycles. The van der Waals surface area contributed by atoms with Crippen molar-refractivity contribution >= 4 is 62.7 Å². The largest absolute Gasteiger partial charge is 0.507 e. The van der Waals surface area contributed by atoms with Crippen molar-refractivity contribution in [1.29, 1.82) is 0 Å². The van der Waals surface area contributed by atoms with Crippen LogP contribution >= 0.6 is 35.3 Å². The number of nitrogens with one attached hydrogen (secondary N) is 1. The summed E-state index contributed by atoms with van der Waals surface area (Å²) in [4.78, 5) is 30.2. The molecule has 0 aliphatic carbocycles. The fraction of sp³-hybridized carbons (Fsp3) is 0.125. The highest BCUT2D eigenvalue weighted by Gasteiger charge is 2.32. The number of hydrogen-bond acceptors (Lipinski definition) is 7. The third-order valence-electron chi connectivity index (χ3n) is 3.34. The zero-order valence-corrected chi connectivity index (χ0v) is 15.3. The van der Waals surface area contributed by atoms with Crippen molar-refractivity contribution < 1.29 is 14.7 Å². The molecule has 25 heavy (non-hydrogen) atoms. The molecule has 6 nitrogen and oxygen atoms in total. The molecule has 1 aromatic carbocycles. The molecule has 2 heterocycles. The number of nitrogens with zero attached hydrogens (tertiary/aromatic N) is 2. The van der Waals surface area contributed by atoms with E-state index in [2.05, 4.69) is 10.3 Å². The number of rotatable bonds is 5. The normalized spacial score (nSPS) is 15.8. The second-order valence-electron chi connectivity index (χ2n) is 5.03. The maximum atomic E-state index is 12.5. The molecule has 1 aliphatic heterocycles. The van der Waals surface area contributed by atoms with Crippen molar-refractivity contribution in [3.05, 3.63) is 46.3 Å². The van der Waals surface area contributed by atoms with Crippen LogP contribution in [0.3, 0.4) is 0 Å². The molecule has 0 atom stereocenters. The highest BCUT2D eigenvalue weighted by atomic mass is 32.2. The summed E-state index contributed by atoms with van der Waals surface area (Å²) >= 11 is 7.72. The van der Waals surface area contributed by atoms with E-state index < -0.39 is 0 Å². The maximum Gasteiger partial charge on any atom is 0.266 e. The zero-order chi connectivity index (χ0) is 17.8. The van der Waals surface area contributed by atoms with Gasteiger partial charge in [0, 0.05) is 30.1 Å². The molecular formula is C16H13N3O3S3. The van der Waals surface area contributed by atoms with E-state index >= 15 is 0 Å². The number of para-hydroxylation sites is 1. The Morgan fingerprint density at radius 3 is 2.92 bits per heavy atom. The fourth-order valence-electron chi connectivity index (χ4n) is 2.12. The number of aromatic nitrogens is 1. The lowest BCUT2D eigenvalue weighted by molar-refractivity contribution is -0.122. The van der Waals surface area contributed by atoms with Gasteiger partial charge in [-0.15, -0.1) is 11.3 Å². The summed E-state index contributed by atoms with van der Waals surface area (Å²) in [5.41, 5.74) is 0.546. The third kappa shape index (κ3) is 4.25. The van der Waals surface area contributed by atoms with Crippen molar-refractivity contribution in [3.8, 4) is 5.75 Å². The summed E-state index contributed by atoms with van der Waals surface area (Å²) in [6.07, 6.45) is 3.33. The highest BCUT2D eigenvalue weighted by molar-refractivity contribution is 8.26. The van der Waals surface area contributed by atoms with Gasteiger partial charge in [-0.3, -0.25) is 14.5 Å². The van der Waals surface area contributed by atoms with E-state index in [-0.39, 0.29) is 30.5 Å². The Balaban J connectivity index is 1.63. The minimum absolute atomic E-state index is 0.0931. The van der Waals surface area contributed by atoms with E-state index in [1.54, 1.807) is 41.9 Å². The number of phenols is 1. The number of amides is 2. The first-order valence-electron chi connectivity index (χ1n) is 7.27. The van der Waals surface area contributed by atoms with Crippen molar-refractivity contribution in [2.75, 3.05) is 11.9 Å². The van der Waals surface area contributed by atoms with Crippen molar-refractivity contribution in [1.82, 2.24) is 9.88 Å². The Bertz CT molecular complexity index is 849. The van der Waals surface area contributed by atoms with Crippen LogP contribution in [0.2, 0.25) is 0 Å². The van der Waals surface area contributed by atoms with Crippen LogP contribution in [0.4, 0.5) is 5.13 Å². The van der Waals surface area contributed by atoms with Crippen molar-refractivity contribution in [3.63, 3.8) is 0 Å². The van der Waals surface area contributed by atoms with Crippen LogP contribution in [0.1, 0.15) is 12.0 Å². The number of carbonyl (C=O) groups excluding carboxylic acids is 2. The predicted octanol–water partition coefficient (Wildman–Crippen LogP) is 3.08. The quantitative estimate of drug-likeness (QED) is 0.602. The Kier molecular flexibility index (Phi) is 5.47. The molecule has 9 heteroatoms. The molecule has 1 aliphatic rings. The summed E-state index contributed by atoms with van der Waals surface area (Å²) in [5, 5.41) is 14.8. The van der Waals surface area contributed by atoms with Gasteiger partial charge >= 0.3 is 0 Å². The molecule has 0 saturated carbocycles. The lowest BCUT2D eigenvalue weighted by Gasteiger charge is -2.13. The van der Waals surface area contributed by atoms with E-state index in [9.17, 15) is 14.7 Å². The third-order valence-corrected chi connectivity index (χ3v) is 5.40. The lowest BCUT2D eigenvalue weighted by Crippen LogP contribution is -2.31. The molecule has 3 rings (SSSR count). The Hall–Kier alpha value is -2.23. The van der Waals surface area contributed by atoms with Gasteiger partial charge < -0.3 is 10.4 Å². The summed E-state index contributed by atoms with van der Waals surface area (Å²) in [5.74, 6) is -0.399. The number of benzene rings is 1. The Morgan fingerprint density at radius 2 is 2.20 bits per heavy atom. The van der Waals surface area contributed by atoms with E-state index in [1.165, 1.54) is 16.2 Å². The summed E-state index contributed by atoms with van der Waals surface area (Å²) < 4.78 is 0.397. The van der Waals surface area contributed by atoms with E-state index in [0.717, 1.165) is 11.8 Å².